The number of likely N-dealkylation sites (tertiary alicyclic amines) is 1. The second-order valence-electron chi connectivity index (χ2n) is 9.68. The molecule has 3 N–H and O–H groups in total. The number of benzene rings is 2. The highest BCUT2D eigenvalue weighted by molar-refractivity contribution is 5.97. The predicted octanol–water partition coefficient (Wildman–Crippen LogP) is 4.89. The minimum absolute atomic E-state index is 0.0107. The van der Waals surface area contributed by atoms with Gasteiger partial charge in [-0.1, -0.05) is 24.6 Å². The number of piperidine rings is 1. The van der Waals surface area contributed by atoms with Gasteiger partial charge in [0.2, 0.25) is 0 Å². The van der Waals surface area contributed by atoms with Crippen molar-refractivity contribution in [3.63, 3.8) is 0 Å². The summed E-state index contributed by atoms with van der Waals surface area (Å²) >= 11 is 0. The van der Waals surface area contributed by atoms with Crippen LogP contribution in [0.2, 0.25) is 0 Å². The van der Waals surface area contributed by atoms with Crippen molar-refractivity contribution in [1.29, 1.82) is 0 Å². The number of anilines is 2. The molecule has 1 aliphatic carbocycles. The molecule has 0 radical (unpaired) electrons. The van der Waals surface area contributed by atoms with Crippen LogP contribution in [-0.4, -0.2) is 49.3 Å². The Balaban J connectivity index is 1.26. The number of carbonyl (C=O) groups is 2. The molecule has 180 valence electrons. The van der Waals surface area contributed by atoms with Gasteiger partial charge in [0, 0.05) is 36.4 Å². The van der Waals surface area contributed by atoms with E-state index in [0.717, 1.165) is 36.9 Å². The van der Waals surface area contributed by atoms with E-state index in [1.807, 2.05) is 35.2 Å². The van der Waals surface area contributed by atoms with Crippen molar-refractivity contribution in [2.24, 2.45) is 0 Å². The summed E-state index contributed by atoms with van der Waals surface area (Å²) < 4.78 is 10.8. The summed E-state index contributed by atoms with van der Waals surface area (Å²) in [4.78, 5) is 27.8. The summed E-state index contributed by atoms with van der Waals surface area (Å²) in [6.45, 7) is 2.48. The first kappa shape index (κ1) is 22.7. The van der Waals surface area contributed by atoms with E-state index in [9.17, 15) is 9.59 Å². The molecule has 1 saturated carbocycles. The maximum Gasteiger partial charge on any atom is 0.411 e. The van der Waals surface area contributed by atoms with Gasteiger partial charge >= 0.3 is 6.09 Å². The first-order valence-electron chi connectivity index (χ1n) is 12.4. The van der Waals surface area contributed by atoms with Crippen LogP contribution in [0.25, 0.3) is 0 Å². The molecule has 2 heterocycles. The summed E-state index contributed by atoms with van der Waals surface area (Å²) in [6.07, 6.45) is 5.28. The summed E-state index contributed by atoms with van der Waals surface area (Å²) in [5.41, 5.74) is 10.2. The van der Waals surface area contributed by atoms with Crippen molar-refractivity contribution < 1.29 is 19.1 Å². The lowest BCUT2D eigenvalue weighted by Crippen LogP contribution is -2.38. The molecule has 7 nitrogen and oxygen atoms in total. The van der Waals surface area contributed by atoms with Crippen LogP contribution < -0.4 is 11.1 Å². The molecule has 2 aromatic carbocycles. The summed E-state index contributed by atoms with van der Waals surface area (Å²) in [7, 11) is 0. The number of carbonyl (C=O) groups excluding carboxylic acids is 2. The highest BCUT2D eigenvalue weighted by Gasteiger charge is 2.28. The average Bonchev–Trinajstić information content (AvgIpc) is 3.32. The smallest absolute Gasteiger partial charge is 0.411 e. The van der Waals surface area contributed by atoms with Crippen LogP contribution in [0.15, 0.2) is 42.5 Å². The molecule has 0 unspecified atom stereocenters. The number of nitrogens with two attached hydrogens (primary N) is 1. The maximum atomic E-state index is 13.3. The van der Waals surface area contributed by atoms with Gasteiger partial charge in [-0.25, -0.2) is 4.79 Å². The molecular formula is C27H33N3O4. The van der Waals surface area contributed by atoms with Crippen molar-refractivity contribution in [3.05, 3.63) is 59.2 Å². The van der Waals surface area contributed by atoms with E-state index in [1.54, 1.807) is 0 Å². The molecule has 2 amide bonds. The highest BCUT2D eigenvalue weighted by atomic mass is 16.6. The second-order valence-corrected chi connectivity index (χ2v) is 9.68. The molecular weight excluding hydrogens is 430 g/mol. The molecule has 0 bridgehead atoms. The standard InChI is InChI=1S/C27H33N3O4/c28-22-7-4-18(5-8-22)19-10-13-30(14-11-19)26(31)21-6-9-24(20-2-1-3-20)25(16-21)29-27(32)34-23-12-15-33-17-23/h4-9,16,19-20,23H,1-3,10-15,17,28H2,(H,29,32)/t23-/m0/s1. The molecule has 34 heavy (non-hydrogen) atoms. The fraction of sp³-hybridized carbons (Fsp3) is 0.481. The fourth-order valence-corrected chi connectivity index (χ4v) is 5.14. The third-order valence-corrected chi connectivity index (χ3v) is 7.43. The van der Waals surface area contributed by atoms with Gasteiger partial charge in [-0.15, -0.1) is 0 Å². The summed E-state index contributed by atoms with van der Waals surface area (Å²) in [5.74, 6) is 0.874. The van der Waals surface area contributed by atoms with Crippen LogP contribution in [0, 0.1) is 0 Å². The molecule has 0 spiro atoms. The normalized spacial score (nSPS) is 21.2. The van der Waals surface area contributed by atoms with Gasteiger partial charge in [-0.2, -0.15) is 0 Å². The molecule has 2 saturated heterocycles. The summed E-state index contributed by atoms with van der Waals surface area (Å²) in [5, 5.41) is 2.92. The lowest BCUT2D eigenvalue weighted by molar-refractivity contribution is 0.0712. The van der Waals surface area contributed by atoms with Crippen molar-refractivity contribution in [1.82, 2.24) is 4.90 Å². The van der Waals surface area contributed by atoms with Gasteiger partial charge in [0.25, 0.3) is 5.91 Å². The molecule has 3 fully saturated rings. The zero-order chi connectivity index (χ0) is 23.5. The van der Waals surface area contributed by atoms with E-state index in [-0.39, 0.29) is 12.0 Å². The van der Waals surface area contributed by atoms with E-state index in [0.29, 0.717) is 55.8 Å². The molecule has 3 aliphatic rings. The predicted molar refractivity (Wildman–Crippen MR) is 131 cm³/mol. The SMILES string of the molecule is Nc1ccc(C2CCN(C(=O)c3ccc(C4CCC4)c(NC(=O)O[C@H]4CCOC4)c3)CC2)cc1. The van der Waals surface area contributed by atoms with Gasteiger partial charge in [0.05, 0.1) is 13.2 Å². The largest absolute Gasteiger partial charge is 0.443 e. The number of amides is 2. The van der Waals surface area contributed by atoms with Crippen LogP contribution in [-0.2, 0) is 9.47 Å². The van der Waals surface area contributed by atoms with Gasteiger partial charge in [0.1, 0.15) is 6.10 Å². The Morgan fingerprint density at radius 3 is 2.38 bits per heavy atom. The number of nitrogen functional groups attached to an aromatic ring is 1. The van der Waals surface area contributed by atoms with E-state index in [4.69, 9.17) is 15.2 Å². The minimum Gasteiger partial charge on any atom is -0.443 e. The lowest BCUT2D eigenvalue weighted by atomic mass is 9.79. The number of rotatable bonds is 5. The van der Waals surface area contributed by atoms with Crippen LogP contribution >= 0.6 is 0 Å². The monoisotopic (exact) mass is 463 g/mol. The lowest BCUT2D eigenvalue weighted by Gasteiger charge is -2.33. The minimum atomic E-state index is -0.481. The van der Waals surface area contributed by atoms with E-state index < -0.39 is 6.09 Å². The third kappa shape index (κ3) is 5.04. The summed E-state index contributed by atoms with van der Waals surface area (Å²) in [6, 6.07) is 13.8. The highest BCUT2D eigenvalue weighted by Crippen LogP contribution is 2.40. The van der Waals surface area contributed by atoms with E-state index in [2.05, 4.69) is 17.4 Å². The van der Waals surface area contributed by atoms with Gasteiger partial charge in [0.15, 0.2) is 0 Å². The zero-order valence-electron chi connectivity index (χ0n) is 19.5. The van der Waals surface area contributed by atoms with Crippen molar-refractivity contribution >= 4 is 23.4 Å². The number of nitrogens with zero attached hydrogens (tertiary/aromatic N) is 1. The van der Waals surface area contributed by atoms with Gasteiger partial charge in [-0.05, 0) is 72.9 Å². The van der Waals surface area contributed by atoms with E-state index >= 15 is 0 Å². The Morgan fingerprint density at radius 2 is 1.74 bits per heavy atom. The van der Waals surface area contributed by atoms with Crippen LogP contribution in [0.4, 0.5) is 16.2 Å². The quantitative estimate of drug-likeness (QED) is 0.616. The van der Waals surface area contributed by atoms with E-state index in [1.165, 1.54) is 12.0 Å². The molecule has 2 aliphatic heterocycles. The molecule has 2 aromatic rings. The Morgan fingerprint density at radius 1 is 0.971 bits per heavy atom. The van der Waals surface area contributed by atoms with Crippen LogP contribution in [0.3, 0.4) is 0 Å². The molecule has 7 heteroatoms. The molecule has 1 atom stereocenters. The van der Waals surface area contributed by atoms with Crippen LogP contribution in [0.5, 0.6) is 0 Å². The third-order valence-electron chi connectivity index (χ3n) is 7.43. The number of ether oxygens (including phenoxy) is 2. The van der Waals surface area contributed by atoms with Gasteiger partial charge < -0.3 is 20.1 Å². The van der Waals surface area contributed by atoms with Gasteiger partial charge in [-0.3, -0.25) is 10.1 Å². The average molecular weight is 464 g/mol. The number of hydrogen-bond acceptors (Lipinski definition) is 5. The Hall–Kier alpha value is -3.06. The first-order valence-corrected chi connectivity index (χ1v) is 12.4. The van der Waals surface area contributed by atoms with Crippen molar-refractivity contribution in [3.8, 4) is 0 Å². The Labute approximate surface area is 200 Å². The first-order chi connectivity index (χ1) is 16.6. The number of nitrogens with one attached hydrogen (secondary N) is 1. The van der Waals surface area contributed by atoms with Crippen molar-refractivity contribution in [2.75, 3.05) is 37.4 Å². The number of hydrogen-bond donors (Lipinski definition) is 2. The second kappa shape index (κ2) is 10.1. The fourth-order valence-electron chi connectivity index (χ4n) is 5.14. The molecule has 5 rings (SSSR count). The maximum absolute atomic E-state index is 13.3. The Kier molecular flexibility index (Phi) is 6.72. The Bertz CT molecular complexity index is 1020. The van der Waals surface area contributed by atoms with Crippen molar-refractivity contribution in [2.45, 2.75) is 56.5 Å². The topological polar surface area (TPSA) is 93.9 Å². The molecule has 0 aromatic heterocycles. The van der Waals surface area contributed by atoms with Crippen LogP contribution in [0.1, 0.15) is 71.8 Å². The zero-order valence-corrected chi connectivity index (χ0v) is 19.5.